The predicted octanol–water partition coefficient (Wildman–Crippen LogP) is 5.65. The van der Waals surface area contributed by atoms with Gasteiger partial charge in [0.2, 0.25) is 5.91 Å². The number of alkyl carbamates (subject to hydrolysis) is 1. The first-order valence-corrected chi connectivity index (χ1v) is 12.7. The molecule has 3 aromatic rings. The Kier molecular flexibility index (Phi) is 9.14. The summed E-state index contributed by atoms with van der Waals surface area (Å²) in [4.78, 5) is 41.3. The molecule has 0 spiro atoms. The Labute approximate surface area is 224 Å². The van der Waals surface area contributed by atoms with Gasteiger partial charge in [-0.2, -0.15) is 0 Å². The maximum atomic E-state index is 13.8. The zero-order chi connectivity index (χ0) is 27.9. The lowest BCUT2D eigenvalue weighted by molar-refractivity contribution is -0.140. The van der Waals surface area contributed by atoms with Crippen molar-refractivity contribution in [3.8, 4) is 12.3 Å². The van der Waals surface area contributed by atoms with Crippen LogP contribution < -0.4 is 10.6 Å². The van der Waals surface area contributed by atoms with E-state index >= 15 is 0 Å². The third kappa shape index (κ3) is 7.36. The lowest BCUT2D eigenvalue weighted by Gasteiger charge is -2.33. The fourth-order valence-corrected chi connectivity index (χ4v) is 4.11. The van der Waals surface area contributed by atoms with Gasteiger partial charge in [-0.05, 0) is 74.7 Å². The summed E-state index contributed by atoms with van der Waals surface area (Å²) in [5.74, 6) is 1.79. The number of carbonyl (C=O) groups excluding carboxylic acids is 3. The largest absolute Gasteiger partial charge is 0.444 e. The molecule has 38 heavy (non-hydrogen) atoms. The van der Waals surface area contributed by atoms with E-state index in [1.807, 2.05) is 49.4 Å². The van der Waals surface area contributed by atoms with Crippen molar-refractivity contribution in [1.29, 1.82) is 0 Å². The van der Waals surface area contributed by atoms with Crippen LogP contribution in [-0.4, -0.2) is 41.0 Å². The number of carbonyl (C=O) groups is 3. The second kappa shape index (κ2) is 12.3. The zero-order valence-corrected chi connectivity index (χ0v) is 22.6. The highest BCUT2D eigenvalue weighted by atomic mass is 16.6. The minimum absolute atomic E-state index is 0.297. The molecular weight excluding hydrogens is 478 g/mol. The van der Waals surface area contributed by atoms with Crippen LogP contribution in [0.4, 0.5) is 10.5 Å². The number of rotatable bonds is 8. The summed E-state index contributed by atoms with van der Waals surface area (Å²) >= 11 is 0. The average molecular weight is 514 g/mol. The fourth-order valence-electron chi connectivity index (χ4n) is 4.11. The van der Waals surface area contributed by atoms with Gasteiger partial charge < -0.3 is 20.3 Å². The van der Waals surface area contributed by atoms with Gasteiger partial charge in [-0.25, -0.2) is 4.79 Å². The highest BCUT2D eigenvalue weighted by molar-refractivity contribution is 6.00. The lowest BCUT2D eigenvalue weighted by Crippen LogP contribution is -2.51. The minimum Gasteiger partial charge on any atom is -0.444 e. The summed E-state index contributed by atoms with van der Waals surface area (Å²) in [6.45, 7) is 9.03. The van der Waals surface area contributed by atoms with E-state index in [1.54, 1.807) is 52.0 Å². The van der Waals surface area contributed by atoms with Crippen LogP contribution in [0.25, 0.3) is 10.8 Å². The van der Waals surface area contributed by atoms with E-state index in [0.717, 1.165) is 10.8 Å². The normalized spacial score (nSPS) is 12.6. The molecule has 3 rings (SSSR count). The van der Waals surface area contributed by atoms with E-state index < -0.39 is 29.7 Å². The molecule has 0 aromatic heterocycles. The van der Waals surface area contributed by atoms with Crippen LogP contribution >= 0.6 is 0 Å². The van der Waals surface area contributed by atoms with Crippen LogP contribution in [0.5, 0.6) is 0 Å². The Balaban J connectivity index is 1.94. The summed E-state index contributed by atoms with van der Waals surface area (Å²) < 4.78 is 5.31. The first-order chi connectivity index (χ1) is 18.0. The van der Waals surface area contributed by atoms with Crippen LogP contribution in [0.15, 0.2) is 66.7 Å². The Hall–Kier alpha value is -4.31. The second-order valence-corrected chi connectivity index (χ2v) is 10.1. The number of benzene rings is 3. The van der Waals surface area contributed by atoms with Crippen molar-refractivity contribution in [2.24, 2.45) is 0 Å². The van der Waals surface area contributed by atoms with Crippen LogP contribution in [0.3, 0.4) is 0 Å². The third-order valence-electron chi connectivity index (χ3n) is 5.82. The van der Waals surface area contributed by atoms with Crippen molar-refractivity contribution in [1.82, 2.24) is 10.2 Å². The molecule has 3 aromatic carbocycles. The number of nitrogens with zero attached hydrogens (tertiary/aromatic N) is 1. The molecular formula is C31H35N3O4. The van der Waals surface area contributed by atoms with E-state index in [4.69, 9.17) is 11.2 Å². The molecule has 3 amide bonds. The number of nitrogens with one attached hydrogen (secondary N) is 2. The first-order valence-electron chi connectivity index (χ1n) is 12.7. The van der Waals surface area contributed by atoms with Crippen molar-refractivity contribution >= 4 is 34.4 Å². The van der Waals surface area contributed by atoms with Gasteiger partial charge in [-0.3, -0.25) is 9.59 Å². The number of anilines is 1. The standard InChI is InChI=1S/C31H35N3O4/c1-7-19-34(29(36)21(3)32-30(37)38-31(4,5)6)27(24-15-13-22(8-2)14-16-24)28(35)33-26-18-17-23-11-9-10-12-25(23)20-26/h2,9-18,20-21,27H,7,19H2,1,3-6H3,(H,32,37)(H,33,35). The maximum Gasteiger partial charge on any atom is 0.408 e. The minimum atomic E-state index is -0.955. The van der Waals surface area contributed by atoms with Crippen LogP contribution in [-0.2, 0) is 14.3 Å². The average Bonchev–Trinajstić information content (AvgIpc) is 2.87. The molecule has 0 saturated carbocycles. The molecule has 7 heteroatoms. The van der Waals surface area contributed by atoms with Gasteiger partial charge in [0.15, 0.2) is 0 Å². The number of amides is 3. The smallest absolute Gasteiger partial charge is 0.408 e. The highest BCUT2D eigenvalue weighted by Crippen LogP contribution is 2.26. The molecule has 198 valence electrons. The van der Waals surface area contributed by atoms with Crippen LogP contribution in [0.2, 0.25) is 0 Å². The molecule has 0 aliphatic heterocycles. The fraction of sp³-hybridized carbons (Fsp3) is 0.323. The molecule has 0 saturated heterocycles. The molecule has 2 unspecified atom stereocenters. The lowest BCUT2D eigenvalue weighted by atomic mass is 10.0. The Bertz CT molecular complexity index is 1340. The van der Waals surface area contributed by atoms with Crippen molar-refractivity contribution in [2.75, 3.05) is 11.9 Å². The Morgan fingerprint density at radius 2 is 1.66 bits per heavy atom. The SMILES string of the molecule is C#Cc1ccc(C(C(=O)Nc2ccc3ccccc3c2)N(CCC)C(=O)C(C)NC(=O)OC(C)(C)C)cc1. The summed E-state index contributed by atoms with van der Waals surface area (Å²) in [5.41, 5.74) is 1.17. The van der Waals surface area contributed by atoms with E-state index in [2.05, 4.69) is 16.6 Å². The molecule has 2 atom stereocenters. The summed E-state index contributed by atoms with van der Waals surface area (Å²) in [6, 6.07) is 18.6. The Morgan fingerprint density at radius 1 is 1.00 bits per heavy atom. The summed E-state index contributed by atoms with van der Waals surface area (Å²) in [7, 11) is 0. The molecule has 7 nitrogen and oxygen atoms in total. The predicted molar refractivity (Wildman–Crippen MR) is 151 cm³/mol. The van der Waals surface area contributed by atoms with E-state index in [1.165, 1.54) is 4.90 Å². The van der Waals surface area contributed by atoms with Crippen molar-refractivity contribution in [3.05, 3.63) is 77.9 Å². The number of hydrogen-bond acceptors (Lipinski definition) is 4. The quantitative estimate of drug-likeness (QED) is 0.381. The van der Waals surface area contributed by atoms with Crippen LogP contribution in [0, 0.1) is 12.3 Å². The van der Waals surface area contributed by atoms with Gasteiger partial charge in [0.1, 0.15) is 17.7 Å². The molecule has 0 radical (unpaired) electrons. The van der Waals surface area contributed by atoms with Crippen molar-refractivity contribution in [3.63, 3.8) is 0 Å². The first kappa shape index (κ1) is 28.3. The topological polar surface area (TPSA) is 87.7 Å². The van der Waals surface area contributed by atoms with E-state index in [9.17, 15) is 14.4 Å². The third-order valence-corrected chi connectivity index (χ3v) is 5.82. The molecule has 0 aliphatic rings. The van der Waals surface area contributed by atoms with E-state index in [-0.39, 0.29) is 5.91 Å². The molecule has 0 aliphatic carbocycles. The van der Waals surface area contributed by atoms with Crippen molar-refractivity contribution in [2.45, 2.75) is 58.7 Å². The monoisotopic (exact) mass is 513 g/mol. The van der Waals surface area contributed by atoms with Gasteiger partial charge in [-0.15, -0.1) is 6.42 Å². The van der Waals surface area contributed by atoms with Gasteiger partial charge in [-0.1, -0.05) is 55.3 Å². The van der Waals surface area contributed by atoms with Crippen LogP contribution in [0.1, 0.15) is 58.2 Å². The number of ether oxygens (including phenoxy) is 1. The summed E-state index contributed by atoms with van der Waals surface area (Å²) in [6.07, 6.45) is 5.42. The van der Waals surface area contributed by atoms with E-state index in [0.29, 0.717) is 29.8 Å². The molecule has 0 fully saturated rings. The number of terminal acetylenes is 1. The van der Waals surface area contributed by atoms with Gasteiger partial charge in [0.05, 0.1) is 0 Å². The summed E-state index contributed by atoms with van der Waals surface area (Å²) in [5, 5.41) is 7.61. The molecule has 2 N–H and O–H groups in total. The van der Waals surface area contributed by atoms with Crippen molar-refractivity contribution < 1.29 is 19.1 Å². The zero-order valence-electron chi connectivity index (χ0n) is 22.6. The highest BCUT2D eigenvalue weighted by Gasteiger charge is 2.34. The molecule has 0 heterocycles. The Morgan fingerprint density at radius 3 is 2.26 bits per heavy atom. The van der Waals surface area contributed by atoms with Gasteiger partial charge in [0.25, 0.3) is 5.91 Å². The van der Waals surface area contributed by atoms with Gasteiger partial charge >= 0.3 is 6.09 Å². The number of hydrogen-bond donors (Lipinski definition) is 2. The van der Waals surface area contributed by atoms with Gasteiger partial charge in [0, 0.05) is 17.8 Å². The molecule has 0 bridgehead atoms. The second-order valence-electron chi connectivity index (χ2n) is 10.1. The maximum absolute atomic E-state index is 13.8. The number of fused-ring (bicyclic) bond motifs is 1.